The summed E-state index contributed by atoms with van der Waals surface area (Å²) in [6.45, 7) is 1.68. The van der Waals surface area contributed by atoms with Gasteiger partial charge < -0.3 is 15.2 Å². The molecule has 104 valence electrons. The minimum atomic E-state index is -3.58. The van der Waals surface area contributed by atoms with Gasteiger partial charge in [-0.25, -0.2) is 13.2 Å². The zero-order chi connectivity index (χ0) is 13.8. The molecule has 0 aliphatic carbocycles. The summed E-state index contributed by atoms with van der Waals surface area (Å²) in [5, 5.41) is 10.9. The van der Waals surface area contributed by atoms with E-state index in [0.717, 1.165) is 13.3 Å². The Balaban J connectivity index is 2.60. The number of aliphatic carboxylic acids is 1. The van der Waals surface area contributed by atoms with Gasteiger partial charge in [0.1, 0.15) is 6.04 Å². The fourth-order valence-electron chi connectivity index (χ4n) is 1.80. The quantitative estimate of drug-likeness (QED) is 0.656. The van der Waals surface area contributed by atoms with Gasteiger partial charge in [-0.05, 0) is 12.8 Å². The van der Waals surface area contributed by atoms with Gasteiger partial charge >= 0.3 is 5.97 Å². The molecule has 1 aliphatic rings. The minimum Gasteiger partial charge on any atom is -0.480 e. The Morgan fingerprint density at radius 1 is 1.50 bits per heavy atom. The molecule has 0 aromatic heterocycles. The van der Waals surface area contributed by atoms with E-state index in [1.807, 2.05) is 0 Å². The van der Waals surface area contributed by atoms with E-state index in [1.54, 1.807) is 0 Å². The van der Waals surface area contributed by atoms with Gasteiger partial charge in [-0.2, -0.15) is 0 Å². The van der Waals surface area contributed by atoms with E-state index >= 15 is 0 Å². The third-order valence-corrected chi connectivity index (χ3v) is 4.28. The van der Waals surface area contributed by atoms with Crippen LogP contribution >= 0.6 is 0 Å². The number of carboxylic acids is 1. The molecule has 0 bridgehead atoms. The third-order valence-electron chi connectivity index (χ3n) is 2.56. The van der Waals surface area contributed by atoms with Gasteiger partial charge in [0.2, 0.25) is 5.91 Å². The Morgan fingerprint density at radius 2 is 2.17 bits per heavy atom. The van der Waals surface area contributed by atoms with Gasteiger partial charge in [0.25, 0.3) is 0 Å². The van der Waals surface area contributed by atoms with E-state index in [4.69, 9.17) is 9.84 Å². The van der Waals surface area contributed by atoms with Crippen LogP contribution in [0, 0.1) is 0 Å². The number of carboxylic acid groups (broad SMARTS) is 1. The Hall–Kier alpha value is -1.15. The summed E-state index contributed by atoms with van der Waals surface area (Å²) >= 11 is 0. The van der Waals surface area contributed by atoms with Crippen LogP contribution in [0.1, 0.15) is 19.8 Å². The van der Waals surface area contributed by atoms with Crippen molar-refractivity contribution < 1.29 is 27.9 Å². The molecule has 18 heavy (non-hydrogen) atoms. The number of rotatable bonds is 6. The first-order valence-corrected chi connectivity index (χ1v) is 7.44. The Bertz CT molecular complexity index is 412. The summed E-state index contributed by atoms with van der Waals surface area (Å²) in [5.74, 6) is -2.74. The van der Waals surface area contributed by atoms with Crippen LogP contribution in [0.2, 0.25) is 0 Å². The smallest absolute Gasteiger partial charge is 0.327 e. The average molecular weight is 279 g/mol. The number of carbonyl (C=O) groups excluding carboxylic acids is 1. The summed E-state index contributed by atoms with van der Waals surface area (Å²) in [6.07, 6.45) is 1.12. The fraction of sp³-hybridized carbons (Fsp3) is 0.800. The number of sulfone groups is 1. The first-order valence-electron chi connectivity index (χ1n) is 5.62. The molecular weight excluding hydrogens is 262 g/mol. The van der Waals surface area contributed by atoms with Crippen molar-refractivity contribution >= 4 is 21.7 Å². The number of ether oxygens (including phenoxy) is 1. The molecule has 2 N–H and O–H groups in total. The van der Waals surface area contributed by atoms with Gasteiger partial charge in [0.15, 0.2) is 9.84 Å². The molecule has 1 amide bonds. The van der Waals surface area contributed by atoms with E-state index < -0.39 is 33.5 Å². The molecule has 0 aromatic carbocycles. The Morgan fingerprint density at radius 3 is 2.61 bits per heavy atom. The first kappa shape index (κ1) is 14.9. The number of nitrogens with one attached hydrogen (secondary N) is 1. The van der Waals surface area contributed by atoms with Crippen molar-refractivity contribution in [1.82, 2.24) is 5.32 Å². The van der Waals surface area contributed by atoms with Crippen LogP contribution in [0.15, 0.2) is 0 Å². The fourth-order valence-corrected chi connectivity index (χ4v) is 3.50. The Kier molecular flexibility index (Phi) is 5.09. The highest BCUT2D eigenvalue weighted by Gasteiger charge is 2.29. The lowest BCUT2D eigenvalue weighted by atomic mass is 10.3. The van der Waals surface area contributed by atoms with E-state index in [2.05, 4.69) is 5.32 Å². The van der Waals surface area contributed by atoms with E-state index in [1.165, 1.54) is 0 Å². The normalized spacial score (nSPS) is 21.5. The van der Waals surface area contributed by atoms with Gasteiger partial charge in [0, 0.05) is 13.5 Å². The number of hydrogen-bond donors (Lipinski definition) is 2. The minimum absolute atomic E-state index is 0.198. The lowest BCUT2D eigenvalue weighted by Crippen LogP contribution is -2.45. The van der Waals surface area contributed by atoms with Crippen molar-refractivity contribution in [3.05, 3.63) is 0 Å². The van der Waals surface area contributed by atoms with E-state index in [9.17, 15) is 18.0 Å². The van der Waals surface area contributed by atoms with Gasteiger partial charge in [-0.15, -0.1) is 0 Å². The van der Waals surface area contributed by atoms with Crippen molar-refractivity contribution in [3.63, 3.8) is 0 Å². The summed E-state index contributed by atoms with van der Waals surface area (Å²) in [4.78, 5) is 21.6. The van der Waals surface area contributed by atoms with E-state index in [0.29, 0.717) is 13.0 Å². The lowest BCUT2D eigenvalue weighted by Gasteiger charge is -2.15. The maximum atomic E-state index is 11.8. The van der Waals surface area contributed by atoms with Crippen molar-refractivity contribution in [3.8, 4) is 0 Å². The number of hydrogen-bond acceptors (Lipinski definition) is 5. The van der Waals surface area contributed by atoms with Crippen LogP contribution in [0.4, 0.5) is 0 Å². The molecule has 7 nitrogen and oxygen atoms in total. The molecule has 8 heteroatoms. The predicted octanol–water partition coefficient (Wildman–Crippen LogP) is -0.830. The second-order valence-electron chi connectivity index (χ2n) is 4.30. The molecule has 0 saturated carbocycles. The molecule has 0 radical (unpaired) electrons. The van der Waals surface area contributed by atoms with Crippen LogP contribution in [0.5, 0.6) is 0 Å². The summed E-state index contributed by atoms with van der Waals surface area (Å²) in [5.41, 5.74) is 0. The van der Waals surface area contributed by atoms with Crippen molar-refractivity contribution in [2.24, 2.45) is 0 Å². The standard InChI is InChI=1S/C10H17NO6S/c1-7(12)11-9(10(13)14)6-18(15,16)5-8-3-2-4-17-8/h8-9H,2-6H2,1H3,(H,11,12)(H,13,14). The second-order valence-corrected chi connectivity index (χ2v) is 6.46. The largest absolute Gasteiger partial charge is 0.480 e. The highest BCUT2D eigenvalue weighted by molar-refractivity contribution is 7.91. The molecule has 1 aliphatic heterocycles. The van der Waals surface area contributed by atoms with Crippen LogP contribution < -0.4 is 5.32 Å². The predicted molar refractivity (Wildman–Crippen MR) is 62.9 cm³/mol. The second kappa shape index (κ2) is 6.14. The third kappa shape index (κ3) is 5.01. The maximum absolute atomic E-state index is 11.8. The monoisotopic (exact) mass is 279 g/mol. The maximum Gasteiger partial charge on any atom is 0.327 e. The van der Waals surface area contributed by atoms with Gasteiger partial charge in [-0.3, -0.25) is 4.79 Å². The molecule has 2 unspecified atom stereocenters. The van der Waals surface area contributed by atoms with Crippen LogP contribution in [0.25, 0.3) is 0 Å². The van der Waals surface area contributed by atoms with Crippen molar-refractivity contribution in [1.29, 1.82) is 0 Å². The van der Waals surface area contributed by atoms with Crippen LogP contribution in [-0.4, -0.2) is 55.7 Å². The highest BCUT2D eigenvalue weighted by Crippen LogP contribution is 2.14. The summed E-state index contributed by atoms with van der Waals surface area (Å²) in [6, 6.07) is -1.41. The molecule has 2 atom stereocenters. The van der Waals surface area contributed by atoms with Gasteiger partial charge in [-0.1, -0.05) is 0 Å². The van der Waals surface area contributed by atoms with Crippen LogP contribution in [-0.2, 0) is 24.2 Å². The molecule has 1 fully saturated rings. The van der Waals surface area contributed by atoms with E-state index in [-0.39, 0.29) is 11.9 Å². The highest BCUT2D eigenvalue weighted by atomic mass is 32.2. The lowest BCUT2D eigenvalue weighted by molar-refractivity contribution is -0.140. The van der Waals surface area contributed by atoms with Gasteiger partial charge in [0.05, 0.1) is 17.6 Å². The van der Waals surface area contributed by atoms with Crippen molar-refractivity contribution in [2.75, 3.05) is 18.1 Å². The number of carbonyl (C=O) groups is 2. The summed E-state index contributed by atoms with van der Waals surface area (Å²) in [7, 11) is -3.58. The number of amides is 1. The Labute approximate surface area is 105 Å². The first-order chi connectivity index (χ1) is 8.30. The molecule has 1 saturated heterocycles. The van der Waals surface area contributed by atoms with Crippen molar-refractivity contribution in [2.45, 2.75) is 31.9 Å². The molecule has 1 rings (SSSR count). The molecule has 0 aromatic rings. The average Bonchev–Trinajstić information content (AvgIpc) is 2.67. The topological polar surface area (TPSA) is 110 Å². The molecule has 0 spiro atoms. The zero-order valence-corrected chi connectivity index (χ0v) is 10.9. The zero-order valence-electron chi connectivity index (χ0n) is 10.1. The molecular formula is C10H17NO6S. The van der Waals surface area contributed by atoms with Crippen LogP contribution in [0.3, 0.4) is 0 Å². The molecule has 1 heterocycles. The summed E-state index contributed by atoms with van der Waals surface area (Å²) < 4.78 is 28.8. The SMILES string of the molecule is CC(=O)NC(CS(=O)(=O)CC1CCCO1)C(=O)O.